The summed E-state index contributed by atoms with van der Waals surface area (Å²) < 4.78 is 28.8. The Bertz CT molecular complexity index is 2500. The van der Waals surface area contributed by atoms with E-state index in [0.717, 1.165) is 27.1 Å². The summed E-state index contributed by atoms with van der Waals surface area (Å²) in [6.07, 6.45) is 1.82. The van der Waals surface area contributed by atoms with Gasteiger partial charge in [-0.2, -0.15) is 0 Å². The highest BCUT2D eigenvalue weighted by molar-refractivity contribution is 7.07. The Morgan fingerprint density at radius 2 is 1.54 bits per heavy atom. The van der Waals surface area contributed by atoms with E-state index in [-0.39, 0.29) is 23.9 Å². The summed E-state index contributed by atoms with van der Waals surface area (Å²) in [5.74, 6) is 0.556. The van der Waals surface area contributed by atoms with Crippen LogP contribution in [0.2, 0.25) is 0 Å². The fourth-order valence-electron chi connectivity index (χ4n) is 6.74. The lowest BCUT2D eigenvalue weighted by Crippen LogP contribution is -2.43. The van der Waals surface area contributed by atoms with Crippen LogP contribution in [0.15, 0.2) is 118 Å². The maximum Gasteiger partial charge on any atom is 0.271 e. The molecule has 2 heterocycles. The molecule has 50 heavy (non-hydrogen) atoms. The molecule has 0 N–H and O–H groups in total. The molecule has 7 nitrogen and oxygen atoms in total. The number of carbonyl (C=O) groups excluding carboxylic acids is 1. The first-order chi connectivity index (χ1) is 24.3. The van der Waals surface area contributed by atoms with Gasteiger partial charge in [-0.05, 0) is 66.6 Å². The van der Waals surface area contributed by atoms with Crippen molar-refractivity contribution < 1.29 is 18.7 Å². The van der Waals surface area contributed by atoms with Gasteiger partial charge >= 0.3 is 0 Å². The van der Waals surface area contributed by atoms with Crippen LogP contribution in [0.4, 0.5) is 4.39 Å². The Hall–Kier alpha value is -5.54. The smallest absolute Gasteiger partial charge is 0.271 e. The van der Waals surface area contributed by atoms with Gasteiger partial charge in [0, 0.05) is 29.8 Å². The molecule has 1 aliphatic rings. The maximum atomic E-state index is 14.8. The zero-order valence-electron chi connectivity index (χ0n) is 28.3. The highest BCUT2D eigenvalue weighted by Gasteiger charge is 2.36. The third-order valence-corrected chi connectivity index (χ3v) is 10.3. The van der Waals surface area contributed by atoms with E-state index in [0.29, 0.717) is 56.3 Å². The first-order valence-corrected chi connectivity index (χ1v) is 17.4. The van der Waals surface area contributed by atoms with Gasteiger partial charge in [0.1, 0.15) is 30.0 Å². The monoisotopic (exact) mass is 685 g/mol. The molecule has 9 heteroatoms. The van der Waals surface area contributed by atoms with Crippen LogP contribution >= 0.6 is 11.3 Å². The lowest BCUT2D eigenvalue weighted by atomic mass is 9.90. The number of amides is 1. The molecule has 0 saturated carbocycles. The Morgan fingerprint density at radius 3 is 2.24 bits per heavy atom. The van der Waals surface area contributed by atoms with Crippen molar-refractivity contribution in [1.82, 2.24) is 9.47 Å². The molecule has 0 aliphatic carbocycles. The maximum absolute atomic E-state index is 14.8. The van der Waals surface area contributed by atoms with Crippen molar-refractivity contribution in [3.05, 3.63) is 151 Å². The number of benzene rings is 5. The molecular formula is C41H36FN3O4S. The molecule has 5 aromatic carbocycles. The Kier molecular flexibility index (Phi) is 9.08. The Labute approximate surface area is 292 Å². The number of methoxy groups -OCH3 is 1. The lowest BCUT2D eigenvalue weighted by Gasteiger charge is -2.30. The minimum atomic E-state index is -0.799. The van der Waals surface area contributed by atoms with Gasteiger partial charge in [-0.25, -0.2) is 9.38 Å². The third kappa shape index (κ3) is 5.77. The summed E-state index contributed by atoms with van der Waals surface area (Å²) in [4.78, 5) is 36.2. The zero-order valence-corrected chi connectivity index (χ0v) is 29.1. The molecule has 0 spiro atoms. The summed E-state index contributed by atoms with van der Waals surface area (Å²) in [5, 5.41) is 3.68. The number of aromatic nitrogens is 1. The molecule has 252 valence electrons. The van der Waals surface area contributed by atoms with Gasteiger partial charge in [0.2, 0.25) is 0 Å². The van der Waals surface area contributed by atoms with Crippen molar-refractivity contribution >= 4 is 44.9 Å². The second kappa shape index (κ2) is 13.8. The van der Waals surface area contributed by atoms with Gasteiger partial charge in [-0.3, -0.25) is 14.2 Å². The van der Waals surface area contributed by atoms with E-state index in [9.17, 15) is 14.0 Å². The minimum Gasteiger partial charge on any atom is -0.496 e. The summed E-state index contributed by atoms with van der Waals surface area (Å²) >= 11 is 1.26. The van der Waals surface area contributed by atoms with Crippen molar-refractivity contribution in [3.63, 3.8) is 0 Å². The Morgan fingerprint density at radius 1 is 0.900 bits per heavy atom. The molecule has 0 bridgehead atoms. The summed E-state index contributed by atoms with van der Waals surface area (Å²) in [6, 6.07) is 29.1. The quantitative estimate of drug-likeness (QED) is 0.162. The number of thiazole rings is 1. The molecule has 0 radical (unpaired) electrons. The number of hydrogen-bond acceptors (Lipinski definition) is 6. The molecule has 0 saturated heterocycles. The van der Waals surface area contributed by atoms with Crippen LogP contribution in [-0.2, 0) is 11.4 Å². The van der Waals surface area contributed by atoms with Crippen LogP contribution < -0.4 is 24.4 Å². The topological polar surface area (TPSA) is 73.1 Å². The molecular weight excluding hydrogens is 650 g/mol. The second-order valence-corrected chi connectivity index (χ2v) is 13.0. The van der Waals surface area contributed by atoms with E-state index in [1.165, 1.54) is 17.4 Å². The number of likely N-dealkylation sites (N-methyl/N-ethyl adjacent to an activating group) is 1. The van der Waals surface area contributed by atoms with Crippen molar-refractivity contribution in [3.8, 4) is 11.5 Å². The molecule has 0 fully saturated rings. The van der Waals surface area contributed by atoms with Gasteiger partial charge in [0.25, 0.3) is 11.5 Å². The summed E-state index contributed by atoms with van der Waals surface area (Å²) in [7, 11) is 1.60. The van der Waals surface area contributed by atoms with Gasteiger partial charge in [0.05, 0.1) is 22.9 Å². The largest absolute Gasteiger partial charge is 0.496 e. The summed E-state index contributed by atoms with van der Waals surface area (Å²) in [6.45, 7) is 6.74. The molecule has 6 aromatic rings. The predicted molar refractivity (Wildman–Crippen MR) is 197 cm³/mol. The van der Waals surface area contributed by atoms with Crippen LogP contribution in [0.1, 0.15) is 43.5 Å². The molecule has 1 aromatic heterocycles. The average Bonchev–Trinajstić information content (AvgIpc) is 3.44. The van der Waals surface area contributed by atoms with E-state index in [1.807, 2.05) is 99.6 Å². The molecule has 1 amide bonds. The fourth-order valence-corrected chi connectivity index (χ4v) is 7.77. The minimum absolute atomic E-state index is 0.0179. The Balaban J connectivity index is 1.47. The van der Waals surface area contributed by atoms with Crippen molar-refractivity contribution in [2.24, 2.45) is 4.99 Å². The molecule has 7 rings (SSSR count). The zero-order chi connectivity index (χ0) is 34.9. The molecule has 1 aliphatic heterocycles. The van der Waals surface area contributed by atoms with Crippen molar-refractivity contribution in [1.29, 1.82) is 0 Å². The van der Waals surface area contributed by atoms with Gasteiger partial charge in [0.15, 0.2) is 4.80 Å². The van der Waals surface area contributed by atoms with Crippen LogP contribution in [0.5, 0.6) is 11.5 Å². The number of ether oxygens (including phenoxy) is 2. The molecule has 0 unspecified atom stereocenters. The SMILES string of the molecule is CCN(CC)C(=O)C1=C(C)N=c2s/c(=C/c3c(OCc4ccccc4F)ccc4ccccc34)c(=O)n2[C@@H]1c1c(OC)ccc2ccccc12. The fraction of sp³-hybridized carbons (Fsp3) is 0.195. The van der Waals surface area contributed by atoms with Gasteiger partial charge in [-0.15, -0.1) is 0 Å². The predicted octanol–water partition coefficient (Wildman–Crippen LogP) is 7.14. The average molecular weight is 686 g/mol. The number of allylic oxidation sites excluding steroid dienone is 1. The number of carbonyl (C=O) groups is 1. The van der Waals surface area contributed by atoms with Gasteiger partial charge in [-0.1, -0.05) is 90.2 Å². The highest BCUT2D eigenvalue weighted by Crippen LogP contribution is 2.40. The van der Waals surface area contributed by atoms with E-state index in [4.69, 9.17) is 14.5 Å². The number of fused-ring (bicyclic) bond motifs is 3. The van der Waals surface area contributed by atoms with Crippen LogP contribution in [0.25, 0.3) is 27.6 Å². The standard InChI is InChI=1S/C41H36FN3O4S/c1-5-44(6-2)40(47)36-25(3)43-41-45(38(36)37-30-17-11-8-14-27(30)20-22-34(37)48-4)39(46)35(50-41)23-31-29-16-10-7-13-26(29)19-21-33(31)49-24-28-15-9-12-18-32(28)42/h7-23,38H,5-6,24H2,1-4H3/b35-23+/t38-/m0/s1. The number of nitrogens with zero attached hydrogens (tertiary/aromatic N) is 3. The summed E-state index contributed by atoms with van der Waals surface area (Å²) in [5.41, 5.74) is 2.53. The van der Waals surface area contributed by atoms with E-state index in [2.05, 4.69) is 0 Å². The number of hydrogen-bond donors (Lipinski definition) is 0. The number of rotatable bonds is 9. The second-order valence-electron chi connectivity index (χ2n) is 12.0. The molecule has 1 atom stereocenters. The van der Waals surface area contributed by atoms with Crippen molar-refractivity contribution in [2.45, 2.75) is 33.4 Å². The lowest BCUT2D eigenvalue weighted by molar-refractivity contribution is -0.127. The third-order valence-electron chi connectivity index (χ3n) is 9.27. The van der Waals surface area contributed by atoms with E-state index >= 15 is 0 Å². The van der Waals surface area contributed by atoms with Crippen LogP contribution in [0, 0.1) is 5.82 Å². The normalized spacial score (nSPS) is 14.5. The van der Waals surface area contributed by atoms with Crippen molar-refractivity contribution in [2.75, 3.05) is 20.2 Å². The van der Waals surface area contributed by atoms with E-state index < -0.39 is 6.04 Å². The first kappa shape index (κ1) is 33.0. The van der Waals surface area contributed by atoms with E-state index in [1.54, 1.807) is 34.8 Å². The van der Waals surface area contributed by atoms with Crippen LogP contribution in [0.3, 0.4) is 0 Å². The number of halogens is 1. The van der Waals surface area contributed by atoms with Crippen LogP contribution in [-0.4, -0.2) is 35.6 Å². The van der Waals surface area contributed by atoms with Gasteiger partial charge < -0.3 is 14.4 Å². The highest BCUT2D eigenvalue weighted by atomic mass is 32.1. The first-order valence-electron chi connectivity index (χ1n) is 16.6.